The number of anilines is 1. The van der Waals surface area contributed by atoms with Crippen molar-refractivity contribution in [3.8, 4) is 0 Å². The van der Waals surface area contributed by atoms with Gasteiger partial charge in [0.2, 0.25) is 5.95 Å². The molecule has 7 nitrogen and oxygen atoms in total. The Balaban J connectivity index is 1.46. The van der Waals surface area contributed by atoms with Crippen LogP contribution in [0.3, 0.4) is 0 Å². The van der Waals surface area contributed by atoms with Gasteiger partial charge in [-0.2, -0.15) is 0 Å². The molecule has 2 aromatic rings. The fourth-order valence-corrected chi connectivity index (χ4v) is 3.56. The first-order chi connectivity index (χ1) is 13.2. The van der Waals surface area contributed by atoms with Crippen LogP contribution in [0.5, 0.6) is 0 Å². The van der Waals surface area contributed by atoms with Crippen LogP contribution in [0, 0.1) is 0 Å². The van der Waals surface area contributed by atoms with Crippen LogP contribution in [0.2, 0.25) is 0 Å². The Labute approximate surface area is 159 Å². The molecule has 1 aliphatic heterocycles. The molecule has 1 saturated carbocycles. The average molecular weight is 366 g/mol. The summed E-state index contributed by atoms with van der Waals surface area (Å²) >= 11 is 0. The molecule has 2 aliphatic rings. The van der Waals surface area contributed by atoms with Crippen molar-refractivity contribution in [2.45, 2.75) is 44.3 Å². The zero-order valence-corrected chi connectivity index (χ0v) is 15.7. The van der Waals surface area contributed by atoms with Gasteiger partial charge < -0.3 is 15.1 Å². The molecule has 1 saturated heterocycles. The topological polar surface area (TPSA) is 74.2 Å². The largest absolute Gasteiger partial charge is 0.339 e. The maximum atomic E-state index is 12.8. The van der Waals surface area contributed by atoms with Crippen molar-refractivity contribution < 1.29 is 4.79 Å². The maximum absolute atomic E-state index is 12.8. The molecule has 3 heterocycles. The quantitative estimate of drug-likeness (QED) is 0.841. The Kier molecular flexibility index (Phi) is 5.29. The number of piperidine rings is 1. The van der Waals surface area contributed by atoms with Crippen LogP contribution in [0.4, 0.5) is 5.95 Å². The summed E-state index contributed by atoms with van der Waals surface area (Å²) in [6.07, 6.45) is 9.40. The third-order valence-electron chi connectivity index (χ3n) is 5.36. The molecule has 2 fully saturated rings. The van der Waals surface area contributed by atoms with E-state index in [9.17, 15) is 4.79 Å². The molecule has 1 N–H and O–H groups in total. The van der Waals surface area contributed by atoms with Gasteiger partial charge in [0, 0.05) is 37.7 Å². The molecule has 27 heavy (non-hydrogen) atoms. The van der Waals surface area contributed by atoms with E-state index in [1.165, 1.54) is 0 Å². The smallest absolute Gasteiger partial charge is 0.256 e. The van der Waals surface area contributed by atoms with E-state index in [1.807, 2.05) is 30.1 Å². The van der Waals surface area contributed by atoms with Crippen LogP contribution >= 0.6 is 0 Å². The number of hydrogen-bond acceptors (Lipinski definition) is 6. The van der Waals surface area contributed by atoms with Crippen molar-refractivity contribution in [3.63, 3.8) is 0 Å². The van der Waals surface area contributed by atoms with Crippen LogP contribution in [0.1, 0.15) is 41.7 Å². The number of nitrogens with zero attached hydrogens (tertiary/aromatic N) is 5. The molecule has 1 aliphatic carbocycles. The van der Waals surface area contributed by atoms with Crippen molar-refractivity contribution in [2.24, 2.45) is 0 Å². The van der Waals surface area contributed by atoms with E-state index in [2.05, 4.69) is 25.2 Å². The van der Waals surface area contributed by atoms with Crippen LogP contribution < -0.4 is 10.2 Å². The normalized spacial score (nSPS) is 17.5. The summed E-state index contributed by atoms with van der Waals surface area (Å²) in [7, 11) is 1.88. The minimum Gasteiger partial charge on any atom is -0.339 e. The number of amides is 1. The van der Waals surface area contributed by atoms with Crippen molar-refractivity contribution in [2.75, 3.05) is 25.0 Å². The summed E-state index contributed by atoms with van der Waals surface area (Å²) < 4.78 is 0. The molecule has 142 valence electrons. The SMILES string of the molecule is CN(C(=O)c1cnc(N(Cc2ccccn2)C2CC2)nc1)C1CCNCC1. The highest BCUT2D eigenvalue weighted by molar-refractivity contribution is 5.93. The molecule has 7 heteroatoms. The first-order valence-corrected chi connectivity index (χ1v) is 9.69. The lowest BCUT2D eigenvalue weighted by molar-refractivity contribution is 0.0702. The molecule has 0 spiro atoms. The second kappa shape index (κ2) is 8.00. The molecule has 0 atom stereocenters. The highest BCUT2D eigenvalue weighted by Gasteiger charge is 2.31. The lowest BCUT2D eigenvalue weighted by atomic mass is 10.0. The minimum atomic E-state index is -0.00357. The molecular formula is C20H26N6O. The summed E-state index contributed by atoms with van der Waals surface area (Å²) in [4.78, 5) is 30.2. The molecule has 0 aromatic carbocycles. The summed E-state index contributed by atoms with van der Waals surface area (Å²) in [5, 5.41) is 3.33. The van der Waals surface area contributed by atoms with Crippen LogP contribution in [-0.2, 0) is 6.54 Å². The van der Waals surface area contributed by atoms with Crippen LogP contribution in [0.25, 0.3) is 0 Å². The predicted octanol–water partition coefficient (Wildman–Crippen LogP) is 1.86. The van der Waals surface area contributed by atoms with E-state index >= 15 is 0 Å². The fourth-order valence-electron chi connectivity index (χ4n) is 3.56. The minimum absolute atomic E-state index is 0.00357. The number of nitrogens with one attached hydrogen (secondary N) is 1. The third kappa shape index (κ3) is 4.24. The second-order valence-electron chi connectivity index (χ2n) is 7.35. The van der Waals surface area contributed by atoms with E-state index in [4.69, 9.17) is 0 Å². The van der Waals surface area contributed by atoms with Crippen LogP contribution in [-0.4, -0.2) is 58.0 Å². The Morgan fingerprint density at radius 1 is 1.07 bits per heavy atom. The molecule has 4 rings (SSSR count). The maximum Gasteiger partial charge on any atom is 0.256 e. The van der Waals surface area contributed by atoms with Gasteiger partial charge in [0.15, 0.2) is 0 Å². The summed E-state index contributed by atoms with van der Waals surface area (Å²) in [5.41, 5.74) is 1.55. The van der Waals surface area contributed by atoms with Crippen molar-refractivity contribution in [1.29, 1.82) is 0 Å². The molecule has 2 aromatic heterocycles. The Bertz CT molecular complexity index is 756. The first-order valence-electron chi connectivity index (χ1n) is 9.69. The predicted molar refractivity (Wildman–Crippen MR) is 103 cm³/mol. The van der Waals surface area contributed by atoms with Gasteiger partial charge >= 0.3 is 0 Å². The second-order valence-corrected chi connectivity index (χ2v) is 7.35. The lowest BCUT2D eigenvalue weighted by Gasteiger charge is -2.31. The number of aromatic nitrogens is 3. The Morgan fingerprint density at radius 3 is 2.44 bits per heavy atom. The van der Waals surface area contributed by atoms with Crippen LogP contribution in [0.15, 0.2) is 36.8 Å². The first kappa shape index (κ1) is 17.9. The van der Waals surface area contributed by atoms with E-state index in [-0.39, 0.29) is 11.9 Å². The van der Waals surface area contributed by atoms with Gasteiger partial charge in [-0.1, -0.05) is 6.07 Å². The van der Waals surface area contributed by atoms with Gasteiger partial charge in [0.25, 0.3) is 5.91 Å². The van der Waals surface area contributed by atoms with Gasteiger partial charge in [-0.15, -0.1) is 0 Å². The number of carbonyl (C=O) groups is 1. The zero-order chi connectivity index (χ0) is 18.6. The van der Waals surface area contributed by atoms with Gasteiger partial charge in [0.05, 0.1) is 17.8 Å². The molecule has 0 bridgehead atoms. The van der Waals surface area contributed by atoms with Gasteiger partial charge in [-0.25, -0.2) is 9.97 Å². The van der Waals surface area contributed by atoms with Gasteiger partial charge in [-0.05, 0) is 50.9 Å². The average Bonchev–Trinajstić information content (AvgIpc) is 3.58. The summed E-state index contributed by atoms with van der Waals surface area (Å²) in [6, 6.07) is 6.67. The number of rotatable bonds is 6. The monoisotopic (exact) mass is 366 g/mol. The third-order valence-corrected chi connectivity index (χ3v) is 5.36. The molecule has 0 unspecified atom stereocenters. The van der Waals surface area contributed by atoms with Crippen molar-refractivity contribution in [3.05, 3.63) is 48.0 Å². The number of pyridine rings is 1. The highest BCUT2D eigenvalue weighted by Crippen LogP contribution is 2.30. The Hall–Kier alpha value is -2.54. The van der Waals surface area contributed by atoms with Crippen molar-refractivity contribution in [1.82, 2.24) is 25.2 Å². The molecule has 1 amide bonds. The standard InChI is InChI=1S/C20H26N6O/c1-25(17-7-10-21-11-8-17)19(27)15-12-23-20(24-13-15)26(18-5-6-18)14-16-4-2-3-9-22-16/h2-4,9,12-13,17-18,21H,5-8,10-11,14H2,1H3. The van der Waals surface area contributed by atoms with Crippen molar-refractivity contribution >= 4 is 11.9 Å². The van der Waals surface area contributed by atoms with Gasteiger partial charge in [0.1, 0.15) is 0 Å². The van der Waals surface area contributed by atoms with E-state index < -0.39 is 0 Å². The van der Waals surface area contributed by atoms with E-state index in [0.29, 0.717) is 24.1 Å². The lowest BCUT2D eigenvalue weighted by Crippen LogP contribution is -2.44. The fraction of sp³-hybridized carbons (Fsp3) is 0.500. The number of hydrogen-bond donors (Lipinski definition) is 1. The molecular weight excluding hydrogens is 340 g/mol. The highest BCUT2D eigenvalue weighted by atomic mass is 16.2. The summed E-state index contributed by atoms with van der Waals surface area (Å²) in [6.45, 7) is 2.61. The zero-order valence-electron chi connectivity index (χ0n) is 15.7. The Morgan fingerprint density at radius 2 is 1.81 bits per heavy atom. The number of carbonyl (C=O) groups excluding carboxylic acids is 1. The van der Waals surface area contributed by atoms with E-state index in [0.717, 1.165) is 44.5 Å². The molecule has 0 radical (unpaired) electrons. The summed E-state index contributed by atoms with van der Waals surface area (Å²) in [5.74, 6) is 0.667. The van der Waals surface area contributed by atoms with E-state index in [1.54, 1.807) is 18.6 Å². The van der Waals surface area contributed by atoms with Gasteiger partial charge in [-0.3, -0.25) is 9.78 Å².